The van der Waals surface area contributed by atoms with E-state index in [0.717, 1.165) is 12.8 Å². The standard InChI is InChI=1S/C11H21N3O3S/c1-3-6-12-11(15)13-9-10-4-7-14(8-5-10)18(2,16)17/h3,10H,1,4-9H2,2H3,(H2,12,13,15). The van der Waals surface area contributed by atoms with E-state index in [9.17, 15) is 13.2 Å². The molecule has 1 heterocycles. The number of hydrogen-bond donors (Lipinski definition) is 2. The van der Waals surface area contributed by atoms with Crippen molar-refractivity contribution >= 4 is 16.1 Å². The van der Waals surface area contributed by atoms with E-state index >= 15 is 0 Å². The fourth-order valence-electron chi connectivity index (χ4n) is 1.91. The number of carbonyl (C=O) groups excluding carboxylic acids is 1. The third-order valence-corrected chi connectivity index (χ3v) is 4.30. The average Bonchev–Trinajstić information content (AvgIpc) is 2.33. The van der Waals surface area contributed by atoms with Crippen molar-refractivity contribution in [2.24, 2.45) is 5.92 Å². The zero-order valence-corrected chi connectivity index (χ0v) is 11.5. The third kappa shape index (κ3) is 5.05. The van der Waals surface area contributed by atoms with Crippen LogP contribution in [0.3, 0.4) is 0 Å². The first-order chi connectivity index (χ1) is 8.43. The molecule has 0 bridgehead atoms. The van der Waals surface area contributed by atoms with Crippen molar-refractivity contribution in [3.63, 3.8) is 0 Å². The molecule has 1 rings (SSSR count). The maximum Gasteiger partial charge on any atom is 0.315 e. The van der Waals surface area contributed by atoms with Gasteiger partial charge in [-0.3, -0.25) is 0 Å². The molecule has 0 radical (unpaired) electrons. The van der Waals surface area contributed by atoms with Gasteiger partial charge in [0.15, 0.2) is 0 Å². The third-order valence-electron chi connectivity index (χ3n) is 3.00. The van der Waals surface area contributed by atoms with Crippen LogP contribution in [0, 0.1) is 5.92 Å². The van der Waals surface area contributed by atoms with Crippen LogP contribution in [0.1, 0.15) is 12.8 Å². The Hall–Kier alpha value is -1.08. The normalized spacial score (nSPS) is 18.3. The molecule has 1 aliphatic rings. The van der Waals surface area contributed by atoms with Crippen LogP contribution in [0.15, 0.2) is 12.7 Å². The molecule has 6 nitrogen and oxygen atoms in total. The lowest BCUT2D eigenvalue weighted by Crippen LogP contribution is -2.43. The summed E-state index contributed by atoms with van der Waals surface area (Å²) < 4.78 is 24.1. The van der Waals surface area contributed by atoms with Crippen molar-refractivity contribution in [2.75, 3.05) is 32.4 Å². The number of rotatable bonds is 5. The molecular formula is C11H21N3O3S. The van der Waals surface area contributed by atoms with E-state index in [0.29, 0.717) is 32.1 Å². The van der Waals surface area contributed by atoms with Gasteiger partial charge in [0.2, 0.25) is 10.0 Å². The number of urea groups is 1. The van der Waals surface area contributed by atoms with Gasteiger partial charge in [0, 0.05) is 26.2 Å². The molecule has 0 aromatic carbocycles. The van der Waals surface area contributed by atoms with Gasteiger partial charge in [-0.2, -0.15) is 0 Å². The molecule has 0 aliphatic carbocycles. The second kappa shape index (κ2) is 6.75. The summed E-state index contributed by atoms with van der Waals surface area (Å²) >= 11 is 0. The highest BCUT2D eigenvalue weighted by Crippen LogP contribution is 2.18. The lowest BCUT2D eigenvalue weighted by atomic mass is 9.98. The zero-order valence-electron chi connectivity index (χ0n) is 10.7. The molecule has 18 heavy (non-hydrogen) atoms. The summed E-state index contributed by atoms with van der Waals surface area (Å²) in [6.45, 7) is 5.62. The van der Waals surface area contributed by atoms with Gasteiger partial charge < -0.3 is 10.6 Å². The Bertz CT molecular complexity index is 386. The van der Waals surface area contributed by atoms with E-state index in [1.165, 1.54) is 10.6 Å². The number of nitrogens with one attached hydrogen (secondary N) is 2. The van der Waals surface area contributed by atoms with Crippen LogP contribution in [-0.2, 0) is 10.0 Å². The molecule has 7 heteroatoms. The van der Waals surface area contributed by atoms with Crippen molar-refractivity contribution in [1.29, 1.82) is 0 Å². The Kier molecular flexibility index (Phi) is 5.61. The monoisotopic (exact) mass is 275 g/mol. The fourth-order valence-corrected chi connectivity index (χ4v) is 2.78. The lowest BCUT2D eigenvalue weighted by Gasteiger charge is -2.30. The Labute approximate surface area is 108 Å². The number of sulfonamides is 1. The van der Waals surface area contributed by atoms with Crippen molar-refractivity contribution < 1.29 is 13.2 Å². The minimum atomic E-state index is -3.07. The van der Waals surface area contributed by atoms with E-state index in [-0.39, 0.29) is 6.03 Å². The predicted molar refractivity (Wildman–Crippen MR) is 70.7 cm³/mol. The molecule has 1 aliphatic heterocycles. The number of hydrogen-bond acceptors (Lipinski definition) is 3. The van der Waals surface area contributed by atoms with Crippen LogP contribution in [0.2, 0.25) is 0 Å². The minimum absolute atomic E-state index is 0.208. The van der Waals surface area contributed by atoms with E-state index in [1.807, 2.05) is 0 Å². The van der Waals surface area contributed by atoms with E-state index < -0.39 is 10.0 Å². The SMILES string of the molecule is C=CCNC(=O)NCC1CCN(S(C)(=O)=O)CC1. The average molecular weight is 275 g/mol. The molecule has 0 spiro atoms. The largest absolute Gasteiger partial charge is 0.338 e. The van der Waals surface area contributed by atoms with Gasteiger partial charge in [0.05, 0.1) is 6.26 Å². The highest BCUT2D eigenvalue weighted by Gasteiger charge is 2.24. The van der Waals surface area contributed by atoms with Gasteiger partial charge in [-0.25, -0.2) is 17.5 Å². The second-order valence-corrected chi connectivity index (χ2v) is 6.47. The first kappa shape index (κ1) is 15.0. The molecule has 0 aromatic rings. The van der Waals surface area contributed by atoms with Crippen LogP contribution in [0.25, 0.3) is 0 Å². The van der Waals surface area contributed by atoms with Gasteiger partial charge >= 0.3 is 6.03 Å². The molecule has 0 atom stereocenters. The highest BCUT2D eigenvalue weighted by molar-refractivity contribution is 7.88. The van der Waals surface area contributed by atoms with Crippen molar-refractivity contribution in [3.05, 3.63) is 12.7 Å². The molecule has 2 amide bonds. The molecule has 2 N–H and O–H groups in total. The summed E-state index contributed by atoms with van der Waals surface area (Å²) in [7, 11) is -3.07. The lowest BCUT2D eigenvalue weighted by molar-refractivity contribution is 0.232. The molecule has 0 saturated carbocycles. The Balaban J connectivity index is 2.24. The molecular weight excluding hydrogens is 254 g/mol. The van der Waals surface area contributed by atoms with Gasteiger partial charge in [-0.15, -0.1) is 6.58 Å². The van der Waals surface area contributed by atoms with Crippen molar-refractivity contribution in [2.45, 2.75) is 12.8 Å². The second-order valence-electron chi connectivity index (χ2n) is 4.49. The van der Waals surface area contributed by atoms with Crippen molar-refractivity contribution in [1.82, 2.24) is 14.9 Å². The van der Waals surface area contributed by atoms with Gasteiger partial charge in [0.1, 0.15) is 0 Å². The van der Waals surface area contributed by atoms with Gasteiger partial charge in [-0.1, -0.05) is 6.08 Å². The van der Waals surface area contributed by atoms with Crippen LogP contribution in [0.4, 0.5) is 4.79 Å². The summed E-state index contributed by atoms with van der Waals surface area (Å²) in [4.78, 5) is 11.3. The number of carbonyl (C=O) groups is 1. The Morgan fingerprint density at radius 2 is 2.00 bits per heavy atom. The van der Waals surface area contributed by atoms with E-state index in [2.05, 4.69) is 17.2 Å². The van der Waals surface area contributed by atoms with Gasteiger partial charge in [0.25, 0.3) is 0 Å². The topological polar surface area (TPSA) is 78.5 Å². The maximum atomic E-state index is 11.3. The van der Waals surface area contributed by atoms with E-state index in [1.54, 1.807) is 6.08 Å². The number of nitrogens with zero attached hydrogens (tertiary/aromatic N) is 1. The Morgan fingerprint density at radius 1 is 1.39 bits per heavy atom. The smallest absolute Gasteiger partial charge is 0.315 e. The minimum Gasteiger partial charge on any atom is -0.338 e. The van der Waals surface area contributed by atoms with Gasteiger partial charge in [-0.05, 0) is 18.8 Å². The summed E-state index contributed by atoms with van der Waals surface area (Å²) in [5.74, 6) is 0.345. The number of piperidine rings is 1. The zero-order chi connectivity index (χ0) is 13.6. The maximum absolute atomic E-state index is 11.3. The summed E-state index contributed by atoms with van der Waals surface area (Å²) in [6.07, 6.45) is 4.42. The fraction of sp³-hybridized carbons (Fsp3) is 0.727. The predicted octanol–water partition coefficient (Wildman–Crippen LogP) is 0.143. The summed E-state index contributed by atoms with van der Waals surface area (Å²) in [5.41, 5.74) is 0. The quantitative estimate of drug-likeness (QED) is 0.701. The molecule has 0 unspecified atom stereocenters. The molecule has 1 fully saturated rings. The van der Waals surface area contributed by atoms with Crippen LogP contribution in [0.5, 0.6) is 0 Å². The van der Waals surface area contributed by atoms with Crippen molar-refractivity contribution in [3.8, 4) is 0 Å². The Morgan fingerprint density at radius 3 is 2.50 bits per heavy atom. The first-order valence-electron chi connectivity index (χ1n) is 6.01. The van der Waals surface area contributed by atoms with E-state index in [4.69, 9.17) is 0 Å². The summed E-state index contributed by atoms with van der Waals surface area (Å²) in [6, 6.07) is -0.208. The number of amides is 2. The molecule has 1 saturated heterocycles. The van der Waals surface area contributed by atoms with Crippen LogP contribution in [-0.4, -0.2) is 51.2 Å². The summed E-state index contributed by atoms with van der Waals surface area (Å²) in [5, 5.41) is 5.41. The van der Waals surface area contributed by atoms with Crippen LogP contribution >= 0.6 is 0 Å². The van der Waals surface area contributed by atoms with Crippen LogP contribution < -0.4 is 10.6 Å². The molecule has 0 aromatic heterocycles. The highest BCUT2D eigenvalue weighted by atomic mass is 32.2. The molecule has 104 valence electrons. The first-order valence-corrected chi connectivity index (χ1v) is 7.86.